The summed E-state index contributed by atoms with van der Waals surface area (Å²) in [5, 5.41) is 13.2. The lowest BCUT2D eigenvalue weighted by Crippen LogP contribution is -2.44. The van der Waals surface area contributed by atoms with E-state index in [1.807, 2.05) is 19.1 Å². The highest BCUT2D eigenvalue weighted by Crippen LogP contribution is 2.35. The fourth-order valence-corrected chi connectivity index (χ4v) is 2.44. The Bertz CT molecular complexity index is 427. The zero-order valence-electron chi connectivity index (χ0n) is 9.71. The molecule has 5 nitrogen and oxygen atoms in total. The normalized spacial score (nSPS) is 23.3. The van der Waals surface area contributed by atoms with E-state index in [-0.39, 0.29) is 13.2 Å². The van der Waals surface area contributed by atoms with E-state index in [4.69, 9.17) is 9.57 Å². The van der Waals surface area contributed by atoms with Crippen LogP contribution in [-0.2, 0) is 9.57 Å². The predicted molar refractivity (Wildman–Crippen MR) is 68.9 cm³/mol. The van der Waals surface area contributed by atoms with Gasteiger partial charge in [0.05, 0.1) is 17.9 Å². The maximum Gasteiger partial charge on any atom is 0.232 e. The summed E-state index contributed by atoms with van der Waals surface area (Å²) in [6.45, 7) is 2.30. The number of aliphatic hydroxyl groups is 1. The van der Waals surface area contributed by atoms with Crippen molar-refractivity contribution < 1.29 is 14.7 Å². The second kappa shape index (κ2) is 4.81. The van der Waals surface area contributed by atoms with Crippen LogP contribution < -0.4 is 10.8 Å². The number of aryl methyl sites for hydroxylation is 1. The topological polar surface area (TPSA) is 62.8 Å². The molecule has 1 aliphatic rings. The second-order valence-corrected chi connectivity index (χ2v) is 4.96. The van der Waals surface area contributed by atoms with Gasteiger partial charge in [0.1, 0.15) is 6.61 Å². The number of halogens is 1. The van der Waals surface area contributed by atoms with Crippen molar-refractivity contribution in [3.05, 3.63) is 22.2 Å². The number of β-amino-alcohol motifs (C(OH)–C–C–N with tert-alkyl or cyclic N) is 1. The highest BCUT2D eigenvalue weighted by molar-refractivity contribution is 9.10. The van der Waals surface area contributed by atoms with Gasteiger partial charge in [0.25, 0.3) is 0 Å². The monoisotopic (exact) mass is 302 g/mol. The third-order valence-corrected chi connectivity index (χ3v) is 3.12. The molecule has 1 aliphatic heterocycles. The van der Waals surface area contributed by atoms with Gasteiger partial charge in [0.15, 0.2) is 0 Å². The summed E-state index contributed by atoms with van der Waals surface area (Å²) in [7, 11) is 1.51. The quantitative estimate of drug-likeness (QED) is 0.778. The first-order valence-corrected chi connectivity index (χ1v) is 6.03. The first kappa shape index (κ1) is 12.6. The van der Waals surface area contributed by atoms with Crippen molar-refractivity contribution in [1.82, 2.24) is 0 Å². The molecule has 0 aromatic heterocycles. The molecule has 1 aromatic rings. The molecule has 0 bridgehead atoms. The maximum atomic E-state index is 10.1. The number of methoxy groups -OCH3 is 1. The van der Waals surface area contributed by atoms with Gasteiger partial charge in [0.2, 0.25) is 5.79 Å². The van der Waals surface area contributed by atoms with Crippen LogP contribution in [0.2, 0.25) is 0 Å². The molecule has 0 saturated heterocycles. The van der Waals surface area contributed by atoms with Crippen molar-refractivity contribution in [3.63, 3.8) is 0 Å². The van der Waals surface area contributed by atoms with Gasteiger partial charge in [-0.05, 0) is 40.5 Å². The van der Waals surface area contributed by atoms with Crippen LogP contribution in [0, 0.1) is 6.92 Å². The zero-order chi connectivity index (χ0) is 12.5. The first-order chi connectivity index (χ1) is 8.04. The highest BCUT2D eigenvalue weighted by atomic mass is 79.9. The number of hydrogen-bond donors (Lipinski definition) is 3. The van der Waals surface area contributed by atoms with Crippen molar-refractivity contribution >= 4 is 27.3 Å². The fraction of sp³-hybridized carbons (Fsp3) is 0.455. The Morgan fingerprint density at radius 3 is 3.06 bits per heavy atom. The Kier molecular flexibility index (Phi) is 3.58. The van der Waals surface area contributed by atoms with E-state index in [1.165, 1.54) is 7.11 Å². The summed E-state index contributed by atoms with van der Waals surface area (Å²) in [6.07, 6.45) is 0. The zero-order valence-corrected chi connectivity index (χ0v) is 11.3. The van der Waals surface area contributed by atoms with Crippen LogP contribution in [0.25, 0.3) is 0 Å². The van der Waals surface area contributed by atoms with E-state index < -0.39 is 5.79 Å². The molecule has 0 radical (unpaired) electrons. The van der Waals surface area contributed by atoms with Crippen LogP contribution in [-0.4, -0.2) is 31.2 Å². The lowest BCUT2D eigenvalue weighted by atomic mass is 10.2. The molecule has 0 spiro atoms. The Hall–Kier alpha value is -0.820. The molecule has 94 valence electrons. The van der Waals surface area contributed by atoms with E-state index in [9.17, 15) is 5.11 Å². The molecule has 0 amide bonds. The summed E-state index contributed by atoms with van der Waals surface area (Å²) in [5.74, 6) is -1.39. The fourth-order valence-electron chi connectivity index (χ4n) is 1.72. The van der Waals surface area contributed by atoms with Gasteiger partial charge in [-0.2, -0.15) is 0 Å². The maximum absolute atomic E-state index is 10.1. The lowest BCUT2D eigenvalue weighted by molar-refractivity contribution is -0.201. The summed E-state index contributed by atoms with van der Waals surface area (Å²) in [5.41, 5.74) is 5.49. The summed E-state index contributed by atoms with van der Waals surface area (Å²) in [4.78, 5) is 5.26. The molecular weight excluding hydrogens is 288 g/mol. The van der Waals surface area contributed by atoms with Gasteiger partial charge in [-0.3, -0.25) is 5.48 Å². The standard InChI is InChI=1S/C11H15BrN2O3/c1-7-3-8(12)10-9(4-7)14-17-11(15,5-13-10)6-16-2/h3-4,13-15H,5-6H2,1-2H3. The number of anilines is 2. The number of fused-ring (bicyclic) bond motifs is 1. The van der Waals surface area contributed by atoms with Crippen molar-refractivity contribution in [1.29, 1.82) is 0 Å². The smallest absolute Gasteiger partial charge is 0.232 e. The highest BCUT2D eigenvalue weighted by Gasteiger charge is 2.32. The molecule has 0 fully saturated rings. The Labute approximate surface area is 108 Å². The van der Waals surface area contributed by atoms with Crippen molar-refractivity contribution in [2.45, 2.75) is 12.7 Å². The summed E-state index contributed by atoms with van der Waals surface area (Å²) < 4.78 is 5.85. The number of nitrogens with one attached hydrogen (secondary N) is 2. The molecule has 3 N–H and O–H groups in total. The van der Waals surface area contributed by atoms with Gasteiger partial charge in [0, 0.05) is 11.6 Å². The third kappa shape index (κ3) is 2.71. The van der Waals surface area contributed by atoms with Crippen LogP contribution in [0.15, 0.2) is 16.6 Å². The minimum atomic E-state index is -1.39. The Morgan fingerprint density at radius 2 is 2.35 bits per heavy atom. The third-order valence-electron chi connectivity index (χ3n) is 2.50. The molecule has 1 heterocycles. The minimum Gasteiger partial charge on any atom is -0.379 e. The van der Waals surface area contributed by atoms with E-state index >= 15 is 0 Å². The first-order valence-electron chi connectivity index (χ1n) is 5.23. The minimum absolute atomic E-state index is 0.0809. The van der Waals surface area contributed by atoms with Crippen molar-refractivity contribution in [3.8, 4) is 0 Å². The van der Waals surface area contributed by atoms with Crippen LogP contribution in [0.5, 0.6) is 0 Å². The lowest BCUT2D eigenvalue weighted by Gasteiger charge is -2.24. The van der Waals surface area contributed by atoms with Crippen molar-refractivity contribution in [2.75, 3.05) is 31.1 Å². The molecule has 2 rings (SSSR count). The van der Waals surface area contributed by atoms with Gasteiger partial charge in [-0.25, -0.2) is 4.84 Å². The average Bonchev–Trinajstić information content (AvgIpc) is 2.40. The SMILES string of the molecule is COCC1(O)CNc2c(Br)cc(C)cc2NO1. The predicted octanol–water partition coefficient (Wildman–Crippen LogP) is 1.86. The molecular formula is C11H15BrN2O3. The largest absolute Gasteiger partial charge is 0.379 e. The molecule has 1 unspecified atom stereocenters. The Morgan fingerprint density at radius 1 is 1.59 bits per heavy atom. The average molecular weight is 303 g/mol. The second-order valence-electron chi connectivity index (χ2n) is 4.11. The van der Waals surface area contributed by atoms with E-state index in [2.05, 4.69) is 26.7 Å². The molecule has 17 heavy (non-hydrogen) atoms. The summed E-state index contributed by atoms with van der Waals surface area (Å²) >= 11 is 3.47. The van der Waals surface area contributed by atoms with E-state index in [0.717, 1.165) is 21.4 Å². The van der Waals surface area contributed by atoms with E-state index in [1.54, 1.807) is 0 Å². The van der Waals surface area contributed by atoms with Gasteiger partial charge in [-0.15, -0.1) is 0 Å². The van der Waals surface area contributed by atoms with Crippen LogP contribution in [0.3, 0.4) is 0 Å². The molecule has 0 aliphatic carbocycles. The summed E-state index contributed by atoms with van der Waals surface area (Å²) in [6, 6.07) is 3.93. The van der Waals surface area contributed by atoms with E-state index in [0.29, 0.717) is 0 Å². The number of benzene rings is 1. The van der Waals surface area contributed by atoms with Gasteiger partial charge < -0.3 is 15.2 Å². The van der Waals surface area contributed by atoms with Gasteiger partial charge >= 0.3 is 0 Å². The van der Waals surface area contributed by atoms with Crippen LogP contribution in [0.4, 0.5) is 11.4 Å². The number of hydrogen-bond acceptors (Lipinski definition) is 5. The number of ether oxygens (including phenoxy) is 1. The van der Waals surface area contributed by atoms with Crippen LogP contribution >= 0.6 is 15.9 Å². The van der Waals surface area contributed by atoms with Crippen molar-refractivity contribution in [2.24, 2.45) is 0 Å². The van der Waals surface area contributed by atoms with Gasteiger partial charge in [-0.1, -0.05) is 0 Å². The van der Waals surface area contributed by atoms with Crippen LogP contribution in [0.1, 0.15) is 5.56 Å². The Balaban J connectivity index is 2.27. The molecule has 6 heteroatoms. The molecule has 1 aromatic carbocycles. The molecule has 0 saturated carbocycles. The number of rotatable bonds is 2. The molecule has 1 atom stereocenters.